The minimum Gasteiger partial charge on any atom is -0.478 e. The molecule has 116 valence electrons. The Hall–Kier alpha value is -1.44. The Morgan fingerprint density at radius 2 is 2.19 bits per heavy atom. The van der Waals surface area contributed by atoms with Gasteiger partial charge in [0.2, 0.25) is 10.0 Å². The Balaban J connectivity index is 2.43. The molecule has 21 heavy (non-hydrogen) atoms. The van der Waals surface area contributed by atoms with Crippen molar-refractivity contribution in [1.82, 2.24) is 4.31 Å². The standard InChI is InChI=1S/C14H20N2O4S/c1-2-11-3-4-12(14(17)18)7-13(11)21(19,20)16-6-5-10(8-15)9-16/h3-4,7,10H,2,5-6,8-9,15H2,1H3,(H,17,18). The van der Waals surface area contributed by atoms with Crippen molar-refractivity contribution in [3.05, 3.63) is 29.3 Å². The number of carboxylic acids is 1. The van der Waals surface area contributed by atoms with Gasteiger partial charge in [0.05, 0.1) is 10.5 Å². The zero-order valence-corrected chi connectivity index (χ0v) is 12.8. The summed E-state index contributed by atoms with van der Waals surface area (Å²) in [4.78, 5) is 11.2. The molecular weight excluding hydrogens is 292 g/mol. The Bertz CT molecular complexity index is 642. The molecule has 0 radical (unpaired) electrons. The third-order valence-electron chi connectivity index (χ3n) is 3.89. The van der Waals surface area contributed by atoms with Crippen molar-refractivity contribution in [2.24, 2.45) is 11.7 Å². The first-order valence-electron chi connectivity index (χ1n) is 6.96. The number of aromatic carboxylic acids is 1. The number of carbonyl (C=O) groups is 1. The van der Waals surface area contributed by atoms with E-state index in [-0.39, 0.29) is 16.4 Å². The highest BCUT2D eigenvalue weighted by atomic mass is 32.2. The Labute approximate surface area is 124 Å². The van der Waals surface area contributed by atoms with Crippen LogP contribution < -0.4 is 5.73 Å². The molecule has 1 aliphatic heterocycles. The van der Waals surface area contributed by atoms with Crippen molar-refractivity contribution in [2.45, 2.75) is 24.7 Å². The van der Waals surface area contributed by atoms with Gasteiger partial charge in [0.15, 0.2) is 0 Å². The summed E-state index contributed by atoms with van der Waals surface area (Å²) in [6.07, 6.45) is 1.28. The minimum atomic E-state index is -3.67. The average molecular weight is 312 g/mol. The van der Waals surface area contributed by atoms with Crippen molar-refractivity contribution in [3.63, 3.8) is 0 Å². The molecule has 0 spiro atoms. The van der Waals surface area contributed by atoms with Gasteiger partial charge in [0.1, 0.15) is 0 Å². The Morgan fingerprint density at radius 1 is 1.48 bits per heavy atom. The van der Waals surface area contributed by atoms with Crippen LogP contribution in [0.2, 0.25) is 0 Å². The third kappa shape index (κ3) is 3.09. The summed E-state index contributed by atoms with van der Waals surface area (Å²) < 4.78 is 26.9. The fraction of sp³-hybridized carbons (Fsp3) is 0.500. The second kappa shape index (κ2) is 6.13. The highest BCUT2D eigenvalue weighted by Gasteiger charge is 2.33. The molecule has 0 bridgehead atoms. The van der Waals surface area contributed by atoms with Gasteiger partial charge in [-0.15, -0.1) is 0 Å². The lowest BCUT2D eigenvalue weighted by Crippen LogP contribution is -2.30. The fourth-order valence-corrected chi connectivity index (χ4v) is 4.42. The molecule has 2 rings (SSSR count). The first-order chi connectivity index (χ1) is 9.90. The molecule has 1 aliphatic rings. The smallest absolute Gasteiger partial charge is 0.335 e. The number of nitrogens with zero attached hydrogens (tertiary/aromatic N) is 1. The van der Waals surface area contributed by atoms with E-state index in [1.54, 1.807) is 6.07 Å². The lowest BCUT2D eigenvalue weighted by Gasteiger charge is -2.19. The molecule has 1 unspecified atom stereocenters. The van der Waals surface area contributed by atoms with Gasteiger partial charge in [-0.3, -0.25) is 0 Å². The molecule has 3 N–H and O–H groups in total. The summed E-state index contributed by atoms with van der Waals surface area (Å²) in [5, 5.41) is 9.06. The molecule has 1 fully saturated rings. The van der Waals surface area contributed by atoms with Gasteiger partial charge in [-0.25, -0.2) is 13.2 Å². The molecule has 7 heteroatoms. The summed E-state index contributed by atoms with van der Waals surface area (Å²) in [5.74, 6) is -0.956. The highest BCUT2D eigenvalue weighted by Crippen LogP contribution is 2.27. The van der Waals surface area contributed by atoms with Gasteiger partial charge >= 0.3 is 5.97 Å². The van der Waals surface area contributed by atoms with Crippen LogP contribution >= 0.6 is 0 Å². The van der Waals surface area contributed by atoms with Crippen LogP contribution in [0.3, 0.4) is 0 Å². The van der Waals surface area contributed by atoms with Gasteiger partial charge in [-0.05, 0) is 43.0 Å². The maximum absolute atomic E-state index is 12.7. The van der Waals surface area contributed by atoms with Crippen LogP contribution in [-0.4, -0.2) is 43.4 Å². The SMILES string of the molecule is CCc1ccc(C(=O)O)cc1S(=O)(=O)N1CCC(CN)C1. The quantitative estimate of drug-likeness (QED) is 0.842. The van der Waals surface area contributed by atoms with Crippen LogP contribution in [0, 0.1) is 5.92 Å². The van der Waals surface area contributed by atoms with Crippen molar-refractivity contribution in [2.75, 3.05) is 19.6 Å². The van der Waals surface area contributed by atoms with Crippen molar-refractivity contribution < 1.29 is 18.3 Å². The number of hydrogen-bond donors (Lipinski definition) is 2. The van der Waals surface area contributed by atoms with E-state index < -0.39 is 16.0 Å². The molecular formula is C14H20N2O4S. The Morgan fingerprint density at radius 3 is 2.71 bits per heavy atom. The maximum Gasteiger partial charge on any atom is 0.335 e. The van der Waals surface area contributed by atoms with Crippen LogP contribution in [0.5, 0.6) is 0 Å². The van der Waals surface area contributed by atoms with Gasteiger partial charge in [0.25, 0.3) is 0 Å². The molecule has 1 atom stereocenters. The second-order valence-corrected chi connectivity index (χ2v) is 7.14. The number of sulfonamides is 1. The average Bonchev–Trinajstić information content (AvgIpc) is 2.96. The number of rotatable bonds is 5. The molecule has 0 amide bonds. The summed E-state index contributed by atoms with van der Waals surface area (Å²) in [7, 11) is -3.67. The summed E-state index contributed by atoms with van der Waals surface area (Å²) in [6.45, 7) is 3.15. The monoisotopic (exact) mass is 312 g/mol. The van der Waals surface area contributed by atoms with E-state index in [0.29, 0.717) is 31.6 Å². The van der Waals surface area contributed by atoms with Crippen LogP contribution in [0.4, 0.5) is 0 Å². The van der Waals surface area contributed by atoms with Crippen molar-refractivity contribution in [1.29, 1.82) is 0 Å². The number of hydrogen-bond acceptors (Lipinski definition) is 4. The van der Waals surface area contributed by atoms with Crippen molar-refractivity contribution >= 4 is 16.0 Å². The van der Waals surface area contributed by atoms with E-state index in [1.165, 1.54) is 16.4 Å². The van der Waals surface area contributed by atoms with Crippen molar-refractivity contribution in [3.8, 4) is 0 Å². The van der Waals surface area contributed by atoms with E-state index >= 15 is 0 Å². The predicted molar refractivity (Wildman–Crippen MR) is 78.7 cm³/mol. The molecule has 6 nitrogen and oxygen atoms in total. The molecule has 0 aromatic heterocycles. The zero-order chi connectivity index (χ0) is 15.6. The van der Waals surface area contributed by atoms with E-state index in [0.717, 1.165) is 6.42 Å². The maximum atomic E-state index is 12.7. The van der Waals surface area contributed by atoms with Gasteiger partial charge in [-0.1, -0.05) is 13.0 Å². The second-order valence-electron chi connectivity index (χ2n) is 5.23. The molecule has 0 saturated carbocycles. The third-order valence-corrected chi connectivity index (χ3v) is 5.84. The zero-order valence-electron chi connectivity index (χ0n) is 11.9. The first-order valence-corrected chi connectivity index (χ1v) is 8.40. The number of benzene rings is 1. The van der Waals surface area contributed by atoms with Gasteiger partial charge < -0.3 is 10.8 Å². The summed E-state index contributed by atoms with van der Waals surface area (Å²) in [6, 6.07) is 4.27. The lowest BCUT2D eigenvalue weighted by molar-refractivity contribution is 0.0696. The topological polar surface area (TPSA) is 101 Å². The van der Waals surface area contributed by atoms with E-state index in [1.807, 2.05) is 6.92 Å². The molecule has 0 aliphatic carbocycles. The van der Waals surface area contributed by atoms with Gasteiger partial charge in [0, 0.05) is 13.1 Å². The Kier molecular flexibility index (Phi) is 4.65. The lowest BCUT2D eigenvalue weighted by atomic mass is 10.1. The van der Waals surface area contributed by atoms with E-state index in [2.05, 4.69) is 0 Å². The fourth-order valence-electron chi connectivity index (χ4n) is 2.57. The summed E-state index contributed by atoms with van der Waals surface area (Å²) in [5.41, 5.74) is 6.22. The van der Waals surface area contributed by atoms with Gasteiger partial charge in [-0.2, -0.15) is 4.31 Å². The normalized spacial score (nSPS) is 19.8. The van der Waals surface area contributed by atoms with Crippen LogP contribution in [-0.2, 0) is 16.4 Å². The van der Waals surface area contributed by atoms with E-state index in [9.17, 15) is 13.2 Å². The number of carboxylic acid groups (broad SMARTS) is 1. The van der Waals surface area contributed by atoms with Crippen LogP contribution in [0.1, 0.15) is 29.3 Å². The molecule has 1 saturated heterocycles. The number of nitrogens with two attached hydrogens (primary N) is 1. The molecule has 1 aromatic rings. The van der Waals surface area contributed by atoms with Crippen LogP contribution in [0.25, 0.3) is 0 Å². The molecule has 1 aromatic carbocycles. The molecule has 1 heterocycles. The minimum absolute atomic E-state index is 0.0136. The largest absolute Gasteiger partial charge is 0.478 e. The highest BCUT2D eigenvalue weighted by molar-refractivity contribution is 7.89. The predicted octanol–water partition coefficient (Wildman–Crippen LogP) is 0.917. The number of aryl methyl sites for hydroxylation is 1. The van der Waals surface area contributed by atoms with Crippen LogP contribution in [0.15, 0.2) is 23.1 Å². The summed E-state index contributed by atoms with van der Waals surface area (Å²) >= 11 is 0. The first kappa shape index (κ1) is 15.9. The van der Waals surface area contributed by atoms with E-state index in [4.69, 9.17) is 10.8 Å².